The van der Waals surface area contributed by atoms with E-state index in [-0.39, 0.29) is 34.9 Å². The summed E-state index contributed by atoms with van der Waals surface area (Å²) in [5.41, 5.74) is -0.306. The molecule has 0 amide bonds. The lowest BCUT2D eigenvalue weighted by atomic mass is 9.84. The van der Waals surface area contributed by atoms with Crippen LogP contribution in [0.3, 0.4) is 0 Å². The van der Waals surface area contributed by atoms with Gasteiger partial charge in [-0.3, -0.25) is 14.9 Å². The van der Waals surface area contributed by atoms with E-state index in [1.807, 2.05) is 27.7 Å². The quantitative estimate of drug-likeness (QED) is 0.446. The maximum atomic E-state index is 12.1. The molecule has 0 aromatic heterocycles. The number of carbonyl (C=O) groups excluding carboxylic acids is 1. The molecule has 4 atom stereocenters. The molecule has 0 aromatic rings. The number of carbonyl (C=O) groups is 1. The van der Waals surface area contributed by atoms with Crippen LogP contribution in [-0.4, -0.2) is 29.8 Å². The second-order valence-electron chi connectivity index (χ2n) is 6.19. The van der Waals surface area contributed by atoms with Gasteiger partial charge in [0.25, 0.3) is 0 Å². The minimum atomic E-state index is -0.598. The molecule has 6 heteroatoms. The summed E-state index contributed by atoms with van der Waals surface area (Å²) in [6.07, 6.45) is -0.413. The third-order valence-electron chi connectivity index (χ3n) is 3.46. The second-order valence-corrected chi connectivity index (χ2v) is 6.19. The van der Waals surface area contributed by atoms with Crippen LogP contribution in [0.25, 0.3) is 0 Å². The summed E-state index contributed by atoms with van der Waals surface area (Å²) in [7, 11) is 0. The first-order chi connectivity index (χ1) is 8.66. The monoisotopic (exact) mass is 273 g/mol. The van der Waals surface area contributed by atoms with Crippen LogP contribution in [0.15, 0.2) is 0 Å². The number of nitrogens with zero attached hydrogens (tertiary/aromatic N) is 1. The van der Waals surface area contributed by atoms with E-state index < -0.39 is 12.2 Å². The van der Waals surface area contributed by atoms with Gasteiger partial charge in [-0.15, -0.1) is 0 Å². The molecule has 0 aromatic carbocycles. The topological polar surface area (TPSA) is 78.7 Å². The lowest BCUT2D eigenvalue weighted by Gasteiger charge is -2.40. The van der Waals surface area contributed by atoms with Gasteiger partial charge in [0.05, 0.1) is 12.0 Å². The predicted octanol–water partition coefficient (Wildman–Crippen LogP) is 2.24. The molecule has 0 unspecified atom stereocenters. The maximum Gasteiger partial charge on any atom is 0.314 e. The predicted molar refractivity (Wildman–Crippen MR) is 69.0 cm³/mol. The van der Waals surface area contributed by atoms with E-state index in [2.05, 4.69) is 0 Å². The Balaban J connectivity index is 2.82. The third kappa shape index (κ3) is 3.89. The highest BCUT2D eigenvalue weighted by Gasteiger charge is 2.45. The molecule has 110 valence electrons. The zero-order valence-electron chi connectivity index (χ0n) is 12.2. The molecule has 1 aliphatic rings. The molecular formula is C13H23NO5. The Hall–Kier alpha value is -1.17. The van der Waals surface area contributed by atoms with Crippen LogP contribution in [0.1, 0.15) is 41.0 Å². The second kappa shape index (κ2) is 5.86. The van der Waals surface area contributed by atoms with E-state index in [9.17, 15) is 14.9 Å². The Morgan fingerprint density at radius 2 is 2.00 bits per heavy atom. The molecule has 1 heterocycles. The lowest BCUT2D eigenvalue weighted by Crippen LogP contribution is -2.50. The first kappa shape index (κ1) is 15.9. The van der Waals surface area contributed by atoms with E-state index in [0.29, 0.717) is 6.42 Å². The summed E-state index contributed by atoms with van der Waals surface area (Å²) in [4.78, 5) is 22.4. The van der Waals surface area contributed by atoms with Gasteiger partial charge in [-0.1, -0.05) is 27.7 Å². The van der Waals surface area contributed by atoms with Crippen molar-refractivity contribution in [3.8, 4) is 0 Å². The van der Waals surface area contributed by atoms with Crippen LogP contribution in [0.2, 0.25) is 0 Å². The Kier molecular flexibility index (Phi) is 4.90. The zero-order chi connectivity index (χ0) is 14.8. The summed E-state index contributed by atoms with van der Waals surface area (Å²) in [5.74, 6) is -1.29. The summed E-state index contributed by atoms with van der Waals surface area (Å²) >= 11 is 0. The van der Waals surface area contributed by atoms with E-state index in [4.69, 9.17) is 9.47 Å². The molecule has 0 bridgehead atoms. The number of rotatable bonds is 4. The van der Waals surface area contributed by atoms with Crippen molar-refractivity contribution < 1.29 is 19.2 Å². The molecule has 0 aliphatic carbocycles. The third-order valence-corrected chi connectivity index (χ3v) is 3.46. The Morgan fingerprint density at radius 1 is 1.42 bits per heavy atom. The van der Waals surface area contributed by atoms with Crippen molar-refractivity contribution in [2.45, 2.75) is 53.4 Å². The minimum Gasteiger partial charge on any atom is -0.435 e. The van der Waals surface area contributed by atoms with E-state index in [0.717, 1.165) is 0 Å². The fourth-order valence-corrected chi connectivity index (χ4v) is 2.33. The van der Waals surface area contributed by atoms with Gasteiger partial charge in [0.1, 0.15) is 0 Å². The molecule has 1 saturated heterocycles. The largest absolute Gasteiger partial charge is 0.435 e. The summed E-state index contributed by atoms with van der Waals surface area (Å²) in [6.45, 7) is 9.16. The van der Waals surface area contributed by atoms with Gasteiger partial charge in [0.15, 0.2) is 0 Å². The van der Waals surface area contributed by atoms with Crippen LogP contribution in [0.5, 0.6) is 0 Å². The molecule has 1 fully saturated rings. The summed E-state index contributed by atoms with van der Waals surface area (Å²) < 4.78 is 11.0. The van der Waals surface area contributed by atoms with Gasteiger partial charge < -0.3 is 9.47 Å². The number of hydrogen-bond donors (Lipinski definition) is 0. The SMILES string of the molecule is CC[C@@H](C[N+](=O)[O-])[C@H]1C(=O)O[C@H](C(C)(C)C)O[C@@H]1C. The molecule has 0 radical (unpaired) electrons. The van der Waals surface area contributed by atoms with Crippen molar-refractivity contribution in [3.63, 3.8) is 0 Å². The molecule has 0 saturated carbocycles. The minimum absolute atomic E-state index is 0.232. The molecule has 0 N–H and O–H groups in total. The maximum absolute atomic E-state index is 12.1. The van der Waals surface area contributed by atoms with Crippen LogP contribution in [-0.2, 0) is 14.3 Å². The van der Waals surface area contributed by atoms with Gasteiger partial charge in [-0.2, -0.15) is 0 Å². The van der Waals surface area contributed by atoms with Crippen molar-refractivity contribution in [3.05, 3.63) is 10.1 Å². The first-order valence-corrected chi connectivity index (χ1v) is 6.64. The fourth-order valence-electron chi connectivity index (χ4n) is 2.33. The van der Waals surface area contributed by atoms with Gasteiger partial charge in [-0.05, 0) is 13.3 Å². The first-order valence-electron chi connectivity index (χ1n) is 6.64. The zero-order valence-corrected chi connectivity index (χ0v) is 12.2. The van der Waals surface area contributed by atoms with Gasteiger partial charge >= 0.3 is 5.97 Å². The average molecular weight is 273 g/mol. The van der Waals surface area contributed by atoms with Crippen molar-refractivity contribution in [1.29, 1.82) is 0 Å². The van der Waals surface area contributed by atoms with Crippen LogP contribution < -0.4 is 0 Å². The molecule has 19 heavy (non-hydrogen) atoms. The van der Waals surface area contributed by atoms with Gasteiger partial charge in [0, 0.05) is 16.3 Å². The lowest BCUT2D eigenvalue weighted by molar-refractivity contribution is -0.490. The van der Waals surface area contributed by atoms with Crippen LogP contribution >= 0.6 is 0 Å². The summed E-state index contributed by atoms with van der Waals surface area (Å²) in [6, 6.07) is 0. The fraction of sp³-hybridized carbons (Fsp3) is 0.923. The highest BCUT2D eigenvalue weighted by atomic mass is 16.7. The van der Waals surface area contributed by atoms with Crippen molar-refractivity contribution in [2.24, 2.45) is 17.3 Å². The molecule has 1 rings (SSSR count). The van der Waals surface area contributed by atoms with E-state index in [1.54, 1.807) is 6.92 Å². The van der Waals surface area contributed by atoms with Gasteiger partial charge in [0.2, 0.25) is 12.8 Å². The number of cyclic esters (lactones) is 1. The standard InChI is InChI=1S/C13H23NO5/c1-6-9(7-14(16)17)10-8(2)18-12(13(3,4)5)19-11(10)15/h8-10,12H,6-7H2,1-5H3/t8-,9+,10+,12-/m1/s1. The molecule has 6 nitrogen and oxygen atoms in total. The highest BCUT2D eigenvalue weighted by molar-refractivity contribution is 5.74. The summed E-state index contributed by atoms with van der Waals surface area (Å²) in [5, 5.41) is 10.7. The Labute approximate surface area is 113 Å². The average Bonchev–Trinajstić information content (AvgIpc) is 2.24. The number of hydrogen-bond acceptors (Lipinski definition) is 5. The Bertz CT molecular complexity index is 349. The van der Waals surface area contributed by atoms with Crippen molar-refractivity contribution in [2.75, 3.05) is 6.54 Å². The van der Waals surface area contributed by atoms with Crippen LogP contribution in [0, 0.1) is 27.4 Å². The molecule has 1 aliphatic heterocycles. The van der Waals surface area contributed by atoms with Gasteiger partial charge in [-0.25, -0.2) is 0 Å². The normalized spacial score (nSPS) is 29.7. The molecule has 0 spiro atoms. The smallest absolute Gasteiger partial charge is 0.314 e. The van der Waals surface area contributed by atoms with Crippen LogP contribution in [0.4, 0.5) is 0 Å². The number of esters is 1. The van der Waals surface area contributed by atoms with E-state index in [1.165, 1.54) is 0 Å². The highest BCUT2D eigenvalue weighted by Crippen LogP contribution is 2.34. The van der Waals surface area contributed by atoms with E-state index >= 15 is 0 Å². The molecular weight excluding hydrogens is 250 g/mol. The van der Waals surface area contributed by atoms with Crippen molar-refractivity contribution in [1.82, 2.24) is 0 Å². The van der Waals surface area contributed by atoms with Crippen molar-refractivity contribution >= 4 is 5.97 Å². The number of nitro groups is 1. The Morgan fingerprint density at radius 3 is 2.37 bits per heavy atom. The number of ether oxygens (including phenoxy) is 2.